The Morgan fingerprint density at radius 1 is 1.37 bits per heavy atom. The van der Waals surface area contributed by atoms with Crippen molar-refractivity contribution in [3.63, 3.8) is 0 Å². The summed E-state index contributed by atoms with van der Waals surface area (Å²) in [5.41, 5.74) is 7.12. The molecule has 106 valence electrons. The van der Waals surface area contributed by atoms with E-state index in [9.17, 15) is 5.11 Å². The number of hydrogen-bond acceptors (Lipinski definition) is 5. The van der Waals surface area contributed by atoms with Crippen molar-refractivity contribution in [3.8, 4) is 11.5 Å². The van der Waals surface area contributed by atoms with Gasteiger partial charge in [0, 0.05) is 18.2 Å². The zero-order chi connectivity index (χ0) is 14.0. The lowest BCUT2D eigenvalue weighted by molar-refractivity contribution is -0.117. The van der Waals surface area contributed by atoms with Crippen molar-refractivity contribution in [2.45, 2.75) is 18.4 Å². The molecule has 19 heavy (non-hydrogen) atoms. The summed E-state index contributed by atoms with van der Waals surface area (Å²) in [5, 5.41) is 10.3. The molecule has 0 radical (unpaired) electrons. The number of aliphatic hydroxyl groups excluding tert-OH is 1. The Morgan fingerprint density at radius 3 is 2.47 bits per heavy atom. The maximum Gasteiger partial charge on any atom is 0.126 e. The zero-order valence-corrected chi connectivity index (χ0v) is 11.6. The van der Waals surface area contributed by atoms with Gasteiger partial charge < -0.3 is 25.1 Å². The first-order chi connectivity index (χ1) is 9.08. The van der Waals surface area contributed by atoms with Gasteiger partial charge in [-0.25, -0.2) is 0 Å². The van der Waals surface area contributed by atoms with Crippen LogP contribution in [0.3, 0.4) is 0 Å². The van der Waals surface area contributed by atoms with Gasteiger partial charge in [-0.05, 0) is 18.6 Å². The molecular weight excluding hydrogens is 246 g/mol. The molecule has 5 nitrogen and oxygen atoms in total. The fraction of sp³-hybridized carbons (Fsp3) is 0.571. The van der Waals surface area contributed by atoms with Crippen molar-refractivity contribution in [3.05, 3.63) is 23.3 Å². The van der Waals surface area contributed by atoms with Crippen molar-refractivity contribution in [2.24, 2.45) is 5.73 Å². The number of rotatable bonds is 5. The predicted octanol–water partition coefficient (Wildman–Crippen LogP) is 0.600. The highest BCUT2D eigenvalue weighted by molar-refractivity contribution is 5.52. The molecule has 1 heterocycles. The van der Waals surface area contributed by atoms with Gasteiger partial charge in [0.2, 0.25) is 0 Å². The maximum atomic E-state index is 10.3. The molecule has 0 bridgehead atoms. The molecule has 1 aromatic carbocycles. The smallest absolute Gasteiger partial charge is 0.126 e. The molecule has 0 saturated carbocycles. The first-order valence-corrected chi connectivity index (χ1v) is 6.28. The average molecular weight is 267 g/mol. The van der Waals surface area contributed by atoms with Gasteiger partial charge in [-0.1, -0.05) is 0 Å². The molecule has 3 N–H and O–H groups in total. The highest BCUT2D eigenvalue weighted by Crippen LogP contribution is 2.44. The van der Waals surface area contributed by atoms with Crippen molar-refractivity contribution >= 4 is 0 Å². The molecule has 1 aromatic rings. The quantitative estimate of drug-likeness (QED) is 0.817. The lowest BCUT2D eigenvalue weighted by Crippen LogP contribution is -2.58. The van der Waals surface area contributed by atoms with Crippen LogP contribution in [0.2, 0.25) is 0 Å². The van der Waals surface area contributed by atoms with Gasteiger partial charge in [0.1, 0.15) is 11.5 Å². The van der Waals surface area contributed by atoms with E-state index in [1.54, 1.807) is 14.2 Å². The number of aliphatic hydroxyl groups is 1. The third-order valence-electron chi connectivity index (χ3n) is 3.81. The average Bonchev–Trinajstić information content (AvgIpc) is 2.38. The van der Waals surface area contributed by atoms with E-state index < -0.39 is 11.5 Å². The third kappa shape index (κ3) is 2.18. The molecule has 2 rings (SSSR count). The Bertz CT molecular complexity index is 457. The Balaban J connectivity index is 2.54. The maximum absolute atomic E-state index is 10.3. The van der Waals surface area contributed by atoms with Gasteiger partial charge in [-0.15, -0.1) is 0 Å². The van der Waals surface area contributed by atoms with Crippen molar-refractivity contribution in [2.75, 3.05) is 34.0 Å². The van der Waals surface area contributed by atoms with Crippen LogP contribution in [-0.4, -0.2) is 45.2 Å². The molecule has 1 unspecified atom stereocenters. The molecule has 0 amide bonds. The minimum Gasteiger partial charge on any atom is -0.497 e. The van der Waals surface area contributed by atoms with E-state index in [2.05, 4.69) is 0 Å². The van der Waals surface area contributed by atoms with Crippen molar-refractivity contribution < 1.29 is 19.3 Å². The largest absolute Gasteiger partial charge is 0.497 e. The summed E-state index contributed by atoms with van der Waals surface area (Å²) < 4.78 is 16.0. The van der Waals surface area contributed by atoms with Crippen molar-refractivity contribution in [1.82, 2.24) is 0 Å². The van der Waals surface area contributed by atoms with Gasteiger partial charge in [-0.2, -0.15) is 0 Å². The lowest BCUT2D eigenvalue weighted by atomic mass is 9.71. The van der Waals surface area contributed by atoms with Crippen LogP contribution in [0.1, 0.15) is 11.1 Å². The molecule has 1 aliphatic rings. The second-order valence-electron chi connectivity index (χ2n) is 4.92. The molecule has 0 aliphatic carbocycles. The summed E-state index contributed by atoms with van der Waals surface area (Å²) >= 11 is 0. The number of nitrogens with two attached hydrogens (primary N) is 1. The van der Waals surface area contributed by atoms with E-state index >= 15 is 0 Å². The summed E-state index contributed by atoms with van der Waals surface area (Å²) in [6, 6.07) is 3.76. The molecule has 1 aliphatic heterocycles. The second-order valence-corrected chi connectivity index (χ2v) is 4.92. The van der Waals surface area contributed by atoms with Crippen LogP contribution in [0.5, 0.6) is 11.5 Å². The van der Waals surface area contributed by atoms with Gasteiger partial charge >= 0.3 is 0 Å². The number of ether oxygens (including phenoxy) is 3. The Kier molecular flexibility index (Phi) is 3.99. The topological polar surface area (TPSA) is 73.9 Å². The second kappa shape index (κ2) is 5.36. The summed E-state index contributed by atoms with van der Waals surface area (Å²) in [6.07, 6.45) is -0.651. The van der Waals surface area contributed by atoms with E-state index in [1.807, 2.05) is 19.1 Å². The summed E-state index contributed by atoms with van der Waals surface area (Å²) in [4.78, 5) is 0. The summed E-state index contributed by atoms with van der Waals surface area (Å²) in [7, 11) is 3.23. The molecule has 5 heteroatoms. The van der Waals surface area contributed by atoms with E-state index in [-0.39, 0.29) is 6.54 Å². The van der Waals surface area contributed by atoms with Gasteiger partial charge in [0.05, 0.1) is 39.0 Å². The van der Waals surface area contributed by atoms with Crippen LogP contribution in [0.25, 0.3) is 0 Å². The number of benzene rings is 1. The van der Waals surface area contributed by atoms with Crippen LogP contribution in [0.4, 0.5) is 0 Å². The van der Waals surface area contributed by atoms with Crippen LogP contribution >= 0.6 is 0 Å². The van der Waals surface area contributed by atoms with Crippen LogP contribution in [0, 0.1) is 6.92 Å². The Labute approximate surface area is 113 Å². The number of methoxy groups -OCH3 is 2. The fourth-order valence-corrected chi connectivity index (χ4v) is 2.69. The van der Waals surface area contributed by atoms with E-state index in [0.717, 1.165) is 16.9 Å². The Morgan fingerprint density at radius 2 is 2.05 bits per heavy atom. The van der Waals surface area contributed by atoms with E-state index in [1.165, 1.54) is 0 Å². The third-order valence-corrected chi connectivity index (χ3v) is 3.81. The van der Waals surface area contributed by atoms with Crippen LogP contribution in [-0.2, 0) is 10.2 Å². The molecular formula is C14H21NO4. The van der Waals surface area contributed by atoms with E-state index in [0.29, 0.717) is 19.0 Å². The van der Waals surface area contributed by atoms with Gasteiger partial charge in [-0.3, -0.25) is 0 Å². The summed E-state index contributed by atoms with van der Waals surface area (Å²) in [6.45, 7) is 3.07. The molecule has 1 saturated heterocycles. The minimum absolute atomic E-state index is 0.192. The fourth-order valence-electron chi connectivity index (χ4n) is 2.69. The highest BCUT2D eigenvalue weighted by atomic mass is 16.5. The first-order valence-electron chi connectivity index (χ1n) is 6.28. The van der Waals surface area contributed by atoms with Crippen LogP contribution in [0.15, 0.2) is 12.1 Å². The van der Waals surface area contributed by atoms with Gasteiger partial charge in [0.15, 0.2) is 0 Å². The monoisotopic (exact) mass is 267 g/mol. The standard InChI is InChI=1S/C14H21NO4/c1-9-4-10(17-2)5-11(18-3)13(9)14(7-19-8-14)12(16)6-15/h4-5,12,16H,6-8,15H2,1-3H3. The van der Waals surface area contributed by atoms with E-state index in [4.69, 9.17) is 19.9 Å². The normalized spacial score (nSPS) is 18.6. The number of aryl methyl sites for hydroxylation is 1. The highest BCUT2D eigenvalue weighted by Gasteiger charge is 2.48. The summed E-state index contributed by atoms with van der Waals surface area (Å²) in [5.74, 6) is 1.43. The molecule has 1 fully saturated rings. The minimum atomic E-state index is -0.651. The van der Waals surface area contributed by atoms with Gasteiger partial charge in [0.25, 0.3) is 0 Å². The predicted molar refractivity (Wildman–Crippen MR) is 71.8 cm³/mol. The van der Waals surface area contributed by atoms with Crippen LogP contribution < -0.4 is 15.2 Å². The zero-order valence-electron chi connectivity index (χ0n) is 11.6. The molecule has 1 atom stereocenters. The molecule has 0 spiro atoms. The van der Waals surface area contributed by atoms with Crippen molar-refractivity contribution in [1.29, 1.82) is 0 Å². The molecule has 0 aromatic heterocycles. The first kappa shape index (κ1) is 14.1. The lowest BCUT2D eigenvalue weighted by Gasteiger charge is -2.46. The number of hydrogen-bond donors (Lipinski definition) is 2. The SMILES string of the molecule is COc1cc(C)c(C2(C(O)CN)COC2)c(OC)c1. The Hall–Kier alpha value is -1.30.